The highest BCUT2D eigenvalue weighted by Crippen LogP contribution is 2.26. The second kappa shape index (κ2) is 5.23. The van der Waals surface area contributed by atoms with Gasteiger partial charge in [-0.1, -0.05) is 18.2 Å². The van der Waals surface area contributed by atoms with Gasteiger partial charge in [0.15, 0.2) is 0 Å². The summed E-state index contributed by atoms with van der Waals surface area (Å²) in [5.41, 5.74) is 0.867. The van der Waals surface area contributed by atoms with Crippen molar-refractivity contribution in [2.45, 2.75) is 19.4 Å². The molecule has 4 heteroatoms. The first-order valence-electron chi connectivity index (χ1n) is 5.98. The molecule has 2 aromatic rings. The van der Waals surface area contributed by atoms with E-state index in [2.05, 4.69) is 0 Å². The lowest BCUT2D eigenvalue weighted by Crippen LogP contribution is -2.24. The van der Waals surface area contributed by atoms with E-state index in [0.717, 1.165) is 16.7 Å². The number of carboxylic acids is 1. The van der Waals surface area contributed by atoms with Gasteiger partial charge >= 0.3 is 5.97 Å². The van der Waals surface area contributed by atoms with Crippen LogP contribution in [-0.2, 0) is 4.79 Å². The fourth-order valence-electron chi connectivity index (χ4n) is 1.89. The van der Waals surface area contributed by atoms with Gasteiger partial charge in [0.05, 0.1) is 12.5 Å². The molecule has 0 spiro atoms. The molecule has 1 heterocycles. The van der Waals surface area contributed by atoms with Crippen molar-refractivity contribution in [3.8, 4) is 0 Å². The maximum atomic E-state index is 10.6. The van der Waals surface area contributed by atoms with Crippen molar-refractivity contribution in [2.24, 2.45) is 0 Å². The number of carbonyl (C=O) groups is 1. The molecule has 0 aliphatic heterocycles. The van der Waals surface area contributed by atoms with Crippen LogP contribution in [-0.4, -0.2) is 29.6 Å². The molecule has 4 nitrogen and oxygen atoms in total. The van der Waals surface area contributed by atoms with Gasteiger partial charge in [0, 0.05) is 11.9 Å². The van der Waals surface area contributed by atoms with E-state index in [9.17, 15) is 4.79 Å². The largest absolute Gasteiger partial charge is 0.481 e. The number of carboxylic acid groups (broad SMARTS) is 1. The Bertz CT molecular complexity index is 514. The Labute approximate surface area is 106 Å². The number of para-hydroxylation sites is 1. The SMILES string of the molecule is CC(c1cc2ccccc2o1)N(C)CCC(=O)O. The predicted molar refractivity (Wildman–Crippen MR) is 69.5 cm³/mol. The minimum atomic E-state index is -0.779. The van der Waals surface area contributed by atoms with E-state index in [4.69, 9.17) is 9.52 Å². The second-order valence-corrected chi connectivity index (χ2v) is 4.49. The number of fused-ring (bicyclic) bond motifs is 1. The molecule has 0 radical (unpaired) electrons. The molecule has 0 aliphatic carbocycles. The van der Waals surface area contributed by atoms with Crippen LogP contribution in [0, 0.1) is 0 Å². The van der Waals surface area contributed by atoms with Crippen molar-refractivity contribution in [3.63, 3.8) is 0 Å². The van der Waals surface area contributed by atoms with Crippen molar-refractivity contribution in [1.29, 1.82) is 0 Å². The Hall–Kier alpha value is -1.81. The zero-order valence-corrected chi connectivity index (χ0v) is 10.6. The van der Waals surface area contributed by atoms with Crippen molar-refractivity contribution in [1.82, 2.24) is 4.90 Å². The number of aliphatic carboxylic acids is 1. The van der Waals surface area contributed by atoms with Gasteiger partial charge in [-0.25, -0.2) is 0 Å². The van der Waals surface area contributed by atoms with E-state index in [0.29, 0.717) is 6.54 Å². The van der Waals surface area contributed by atoms with E-state index < -0.39 is 5.97 Å². The average Bonchev–Trinajstić information content (AvgIpc) is 2.78. The minimum Gasteiger partial charge on any atom is -0.481 e. The highest BCUT2D eigenvalue weighted by Gasteiger charge is 2.16. The Balaban J connectivity index is 2.12. The summed E-state index contributed by atoms with van der Waals surface area (Å²) in [6, 6.07) is 9.93. The minimum absolute atomic E-state index is 0.0664. The summed E-state index contributed by atoms with van der Waals surface area (Å²) >= 11 is 0. The maximum absolute atomic E-state index is 10.6. The normalized spacial score (nSPS) is 13.1. The van der Waals surface area contributed by atoms with Gasteiger partial charge in [0.2, 0.25) is 0 Å². The predicted octanol–water partition coefficient (Wildman–Crippen LogP) is 2.90. The van der Waals surface area contributed by atoms with E-state index in [1.54, 1.807) is 0 Å². The van der Waals surface area contributed by atoms with Gasteiger partial charge in [-0.3, -0.25) is 9.69 Å². The lowest BCUT2D eigenvalue weighted by atomic mass is 10.2. The molecule has 0 saturated heterocycles. The van der Waals surface area contributed by atoms with Crippen LogP contribution in [0.15, 0.2) is 34.7 Å². The van der Waals surface area contributed by atoms with Crippen LogP contribution in [0.25, 0.3) is 11.0 Å². The number of hydrogen-bond acceptors (Lipinski definition) is 3. The molecule has 1 atom stereocenters. The monoisotopic (exact) mass is 247 g/mol. The third-order valence-corrected chi connectivity index (χ3v) is 3.20. The number of hydrogen-bond donors (Lipinski definition) is 1. The van der Waals surface area contributed by atoms with Crippen LogP contribution < -0.4 is 0 Å². The Morgan fingerprint density at radius 1 is 1.44 bits per heavy atom. The molecule has 0 aliphatic rings. The van der Waals surface area contributed by atoms with Crippen LogP contribution in [0.1, 0.15) is 25.1 Å². The maximum Gasteiger partial charge on any atom is 0.304 e. The second-order valence-electron chi connectivity index (χ2n) is 4.49. The highest BCUT2D eigenvalue weighted by atomic mass is 16.4. The van der Waals surface area contributed by atoms with Gasteiger partial charge in [-0.2, -0.15) is 0 Å². The third kappa shape index (κ3) is 2.71. The Morgan fingerprint density at radius 3 is 2.83 bits per heavy atom. The van der Waals surface area contributed by atoms with E-state index in [1.165, 1.54) is 0 Å². The molecule has 1 unspecified atom stereocenters. The molecule has 1 aromatic carbocycles. The number of rotatable bonds is 5. The molecule has 1 N–H and O–H groups in total. The molecule has 18 heavy (non-hydrogen) atoms. The number of benzene rings is 1. The van der Waals surface area contributed by atoms with Gasteiger partial charge in [-0.05, 0) is 26.1 Å². The zero-order chi connectivity index (χ0) is 13.1. The smallest absolute Gasteiger partial charge is 0.304 e. The van der Waals surface area contributed by atoms with Crippen molar-refractivity contribution in [2.75, 3.05) is 13.6 Å². The summed E-state index contributed by atoms with van der Waals surface area (Å²) in [4.78, 5) is 12.5. The first-order chi connectivity index (χ1) is 8.58. The summed E-state index contributed by atoms with van der Waals surface area (Å²) in [6.45, 7) is 2.52. The summed E-state index contributed by atoms with van der Waals surface area (Å²) in [7, 11) is 1.90. The van der Waals surface area contributed by atoms with Crippen LogP contribution in [0.4, 0.5) is 0 Å². The molecule has 2 rings (SSSR count). The molecule has 0 fully saturated rings. The third-order valence-electron chi connectivity index (χ3n) is 3.20. The van der Waals surface area contributed by atoms with Crippen LogP contribution in [0.5, 0.6) is 0 Å². The molecule has 0 saturated carbocycles. The van der Waals surface area contributed by atoms with E-state index in [-0.39, 0.29) is 12.5 Å². The summed E-state index contributed by atoms with van der Waals surface area (Å²) < 4.78 is 5.77. The van der Waals surface area contributed by atoms with Gasteiger partial charge < -0.3 is 9.52 Å². The zero-order valence-electron chi connectivity index (χ0n) is 10.6. The van der Waals surface area contributed by atoms with Gasteiger partial charge in [-0.15, -0.1) is 0 Å². The van der Waals surface area contributed by atoms with E-state index in [1.807, 2.05) is 49.2 Å². The van der Waals surface area contributed by atoms with Gasteiger partial charge in [0.1, 0.15) is 11.3 Å². The van der Waals surface area contributed by atoms with Crippen LogP contribution >= 0.6 is 0 Å². The Morgan fingerprint density at radius 2 is 2.17 bits per heavy atom. The fourth-order valence-corrected chi connectivity index (χ4v) is 1.89. The molecule has 96 valence electrons. The molecule has 0 bridgehead atoms. The van der Waals surface area contributed by atoms with Crippen molar-refractivity contribution in [3.05, 3.63) is 36.1 Å². The number of nitrogens with zero attached hydrogens (tertiary/aromatic N) is 1. The quantitative estimate of drug-likeness (QED) is 0.882. The van der Waals surface area contributed by atoms with Gasteiger partial charge in [0.25, 0.3) is 0 Å². The molecule has 1 aromatic heterocycles. The summed E-state index contributed by atoms with van der Waals surface area (Å²) in [5.74, 6) is 0.0859. The highest BCUT2D eigenvalue weighted by molar-refractivity contribution is 5.77. The first-order valence-corrected chi connectivity index (χ1v) is 5.98. The Kier molecular flexibility index (Phi) is 3.67. The average molecular weight is 247 g/mol. The first kappa shape index (κ1) is 12.6. The standard InChI is InChI=1S/C14H17NO3/c1-10(15(2)8-7-14(16)17)13-9-11-5-3-4-6-12(11)18-13/h3-6,9-10H,7-8H2,1-2H3,(H,16,17). The van der Waals surface area contributed by atoms with Crippen LogP contribution in [0.2, 0.25) is 0 Å². The lowest BCUT2D eigenvalue weighted by molar-refractivity contribution is -0.137. The van der Waals surface area contributed by atoms with E-state index >= 15 is 0 Å². The van der Waals surface area contributed by atoms with Crippen molar-refractivity contribution < 1.29 is 14.3 Å². The van der Waals surface area contributed by atoms with Crippen molar-refractivity contribution >= 4 is 16.9 Å². The van der Waals surface area contributed by atoms with Crippen LogP contribution in [0.3, 0.4) is 0 Å². The molecular weight excluding hydrogens is 230 g/mol. The summed E-state index contributed by atoms with van der Waals surface area (Å²) in [5, 5.41) is 9.75. The lowest BCUT2D eigenvalue weighted by Gasteiger charge is -2.21. The number of furan rings is 1. The molecular formula is C14H17NO3. The fraction of sp³-hybridized carbons (Fsp3) is 0.357. The molecule has 0 amide bonds. The summed E-state index contributed by atoms with van der Waals surface area (Å²) in [6.07, 6.45) is 0.140. The topological polar surface area (TPSA) is 53.7 Å².